The highest BCUT2D eigenvalue weighted by atomic mass is 19.1. The molecule has 0 aromatic heterocycles. The van der Waals surface area contributed by atoms with Crippen molar-refractivity contribution in [2.24, 2.45) is 0 Å². The van der Waals surface area contributed by atoms with Gasteiger partial charge in [-0.2, -0.15) is 0 Å². The van der Waals surface area contributed by atoms with Gasteiger partial charge in [0.1, 0.15) is 18.2 Å². The summed E-state index contributed by atoms with van der Waals surface area (Å²) in [6, 6.07) is 10.2. The van der Waals surface area contributed by atoms with E-state index in [1.165, 1.54) is 13.2 Å². The Hall–Kier alpha value is -2.80. The van der Waals surface area contributed by atoms with Gasteiger partial charge in [0.25, 0.3) is 5.91 Å². The number of ether oxygens (including phenoxy) is 1. The summed E-state index contributed by atoms with van der Waals surface area (Å²) >= 11 is 0. The number of hydrogen-bond donors (Lipinski definition) is 2. The molecule has 0 radical (unpaired) electrons. The quantitative estimate of drug-likeness (QED) is 0.802. The number of carbonyl (C=O) groups is 2. The zero-order valence-electron chi connectivity index (χ0n) is 14.2. The lowest BCUT2D eigenvalue weighted by molar-refractivity contribution is -0.924. The number of carbonyl (C=O) groups excluding carboxylic acids is 2. The number of benzene rings is 2. The van der Waals surface area contributed by atoms with Crippen molar-refractivity contribution in [2.45, 2.75) is 19.0 Å². The Labute approximate surface area is 149 Å². The lowest BCUT2D eigenvalue weighted by Crippen LogP contribution is -3.17. The predicted octanol–water partition coefficient (Wildman–Crippen LogP) is 1.09. The number of rotatable bonds is 4. The van der Waals surface area contributed by atoms with Crippen LogP contribution in [0, 0.1) is 11.6 Å². The lowest BCUT2D eigenvalue weighted by atomic mass is 9.94. The molecule has 1 aliphatic rings. The van der Waals surface area contributed by atoms with Crippen molar-refractivity contribution in [1.82, 2.24) is 0 Å². The molecule has 0 saturated carbocycles. The van der Waals surface area contributed by atoms with Crippen molar-refractivity contribution in [2.75, 3.05) is 19.0 Å². The van der Waals surface area contributed by atoms with Crippen LogP contribution >= 0.6 is 0 Å². The molecule has 1 amide bonds. The number of anilines is 1. The van der Waals surface area contributed by atoms with E-state index in [0.717, 1.165) is 22.1 Å². The van der Waals surface area contributed by atoms with Gasteiger partial charge in [0.05, 0.1) is 12.8 Å². The van der Waals surface area contributed by atoms with Gasteiger partial charge in [0.15, 0.2) is 12.6 Å². The SMILES string of the molecule is COC(=O)[C@@H]1Cc2ccccc2C[NH+]1CC(=O)Nc1ccc(F)cc1F. The van der Waals surface area contributed by atoms with Crippen LogP contribution in [-0.2, 0) is 27.3 Å². The maximum absolute atomic E-state index is 13.7. The van der Waals surface area contributed by atoms with Crippen LogP contribution in [0.15, 0.2) is 42.5 Å². The number of quaternary nitrogens is 1. The van der Waals surface area contributed by atoms with Crippen LogP contribution in [0.1, 0.15) is 11.1 Å². The fraction of sp³-hybridized carbons (Fsp3) is 0.263. The van der Waals surface area contributed by atoms with E-state index in [2.05, 4.69) is 5.32 Å². The van der Waals surface area contributed by atoms with Crippen LogP contribution in [0.2, 0.25) is 0 Å². The molecule has 0 saturated heterocycles. The third-order valence-corrected chi connectivity index (χ3v) is 4.53. The average molecular weight is 361 g/mol. The molecular formula is C19H19F2N2O3+. The number of amides is 1. The maximum atomic E-state index is 13.7. The van der Waals surface area contributed by atoms with Crippen molar-refractivity contribution in [1.29, 1.82) is 0 Å². The molecule has 0 aliphatic carbocycles. The van der Waals surface area contributed by atoms with Gasteiger partial charge in [-0.25, -0.2) is 13.6 Å². The Morgan fingerprint density at radius 2 is 1.92 bits per heavy atom. The van der Waals surface area contributed by atoms with Gasteiger partial charge in [0, 0.05) is 18.1 Å². The third kappa shape index (κ3) is 3.88. The molecule has 0 fully saturated rings. The molecule has 136 valence electrons. The highest BCUT2D eigenvalue weighted by Crippen LogP contribution is 2.16. The zero-order valence-corrected chi connectivity index (χ0v) is 14.2. The van der Waals surface area contributed by atoms with E-state index >= 15 is 0 Å². The summed E-state index contributed by atoms with van der Waals surface area (Å²) in [5.74, 6) is -2.42. The molecule has 1 unspecified atom stereocenters. The first-order valence-corrected chi connectivity index (χ1v) is 8.22. The number of nitrogens with one attached hydrogen (secondary N) is 2. The first kappa shape index (κ1) is 18.0. The molecule has 7 heteroatoms. The van der Waals surface area contributed by atoms with Crippen LogP contribution < -0.4 is 10.2 Å². The summed E-state index contributed by atoms with van der Waals surface area (Å²) in [4.78, 5) is 25.2. The minimum Gasteiger partial charge on any atom is -0.465 e. The largest absolute Gasteiger partial charge is 0.465 e. The summed E-state index contributed by atoms with van der Waals surface area (Å²) in [7, 11) is 1.31. The van der Waals surface area contributed by atoms with E-state index in [-0.39, 0.29) is 12.2 Å². The number of methoxy groups -OCH3 is 1. The molecule has 1 aliphatic heterocycles. The van der Waals surface area contributed by atoms with E-state index in [9.17, 15) is 18.4 Å². The first-order valence-electron chi connectivity index (χ1n) is 8.22. The second-order valence-corrected chi connectivity index (χ2v) is 6.23. The third-order valence-electron chi connectivity index (χ3n) is 4.53. The van der Waals surface area contributed by atoms with Gasteiger partial charge in [-0.15, -0.1) is 0 Å². The van der Waals surface area contributed by atoms with Crippen LogP contribution in [-0.4, -0.2) is 31.6 Å². The monoisotopic (exact) mass is 361 g/mol. The maximum Gasteiger partial charge on any atom is 0.365 e. The molecule has 3 rings (SSSR count). The van der Waals surface area contributed by atoms with Crippen LogP contribution in [0.3, 0.4) is 0 Å². The second-order valence-electron chi connectivity index (χ2n) is 6.23. The molecule has 2 N–H and O–H groups in total. The molecule has 2 aromatic rings. The topological polar surface area (TPSA) is 59.8 Å². The van der Waals surface area contributed by atoms with Gasteiger partial charge in [0.2, 0.25) is 0 Å². The van der Waals surface area contributed by atoms with E-state index in [1.807, 2.05) is 24.3 Å². The van der Waals surface area contributed by atoms with Crippen LogP contribution in [0.25, 0.3) is 0 Å². The molecule has 0 bridgehead atoms. The second kappa shape index (κ2) is 7.61. The van der Waals surface area contributed by atoms with Crippen LogP contribution in [0.4, 0.5) is 14.5 Å². The summed E-state index contributed by atoms with van der Waals surface area (Å²) in [5.41, 5.74) is 2.02. The smallest absolute Gasteiger partial charge is 0.365 e. The van der Waals surface area contributed by atoms with Gasteiger partial charge in [-0.05, 0) is 17.7 Å². The van der Waals surface area contributed by atoms with Gasteiger partial charge >= 0.3 is 5.97 Å². The fourth-order valence-electron chi connectivity index (χ4n) is 3.23. The molecule has 0 spiro atoms. The minimum absolute atomic E-state index is 0.0368. The summed E-state index contributed by atoms with van der Waals surface area (Å²) in [5, 5.41) is 2.43. The van der Waals surface area contributed by atoms with Crippen molar-refractivity contribution in [3.63, 3.8) is 0 Å². The van der Waals surface area contributed by atoms with Gasteiger partial charge < -0.3 is 15.0 Å². The normalized spacial score (nSPS) is 18.7. The molecule has 2 atom stereocenters. The van der Waals surface area contributed by atoms with Crippen molar-refractivity contribution in [3.05, 3.63) is 65.2 Å². The fourth-order valence-corrected chi connectivity index (χ4v) is 3.23. The lowest BCUT2D eigenvalue weighted by Gasteiger charge is -2.31. The standard InChI is InChI=1S/C19H18F2N2O3/c1-26-19(25)17-8-12-4-2-3-5-13(12)10-23(17)11-18(24)22-16-7-6-14(20)9-15(16)21/h2-7,9,17H,8,10-11H2,1H3,(H,22,24)/p+1/t17-/m0/s1. The Bertz CT molecular complexity index is 841. The van der Waals surface area contributed by atoms with E-state index < -0.39 is 29.6 Å². The number of halogens is 2. The highest BCUT2D eigenvalue weighted by Gasteiger charge is 2.37. The Kier molecular flexibility index (Phi) is 5.27. The molecule has 26 heavy (non-hydrogen) atoms. The van der Waals surface area contributed by atoms with E-state index in [0.29, 0.717) is 19.0 Å². The van der Waals surface area contributed by atoms with Gasteiger partial charge in [-0.1, -0.05) is 24.3 Å². The molecule has 5 nitrogen and oxygen atoms in total. The zero-order chi connectivity index (χ0) is 18.7. The van der Waals surface area contributed by atoms with Crippen LogP contribution in [0.5, 0.6) is 0 Å². The Morgan fingerprint density at radius 3 is 2.62 bits per heavy atom. The Balaban J connectivity index is 1.75. The summed E-state index contributed by atoms with van der Waals surface area (Å²) in [6.45, 7) is 0.445. The number of esters is 1. The van der Waals surface area contributed by atoms with E-state index in [4.69, 9.17) is 4.74 Å². The van der Waals surface area contributed by atoms with E-state index in [1.54, 1.807) is 0 Å². The molecular weight excluding hydrogens is 342 g/mol. The van der Waals surface area contributed by atoms with Crippen molar-refractivity contribution >= 4 is 17.6 Å². The number of fused-ring (bicyclic) bond motifs is 1. The molecule has 2 aromatic carbocycles. The number of hydrogen-bond acceptors (Lipinski definition) is 3. The predicted molar refractivity (Wildman–Crippen MR) is 90.5 cm³/mol. The van der Waals surface area contributed by atoms with Gasteiger partial charge in [-0.3, -0.25) is 4.79 Å². The Morgan fingerprint density at radius 1 is 1.19 bits per heavy atom. The first-order chi connectivity index (χ1) is 12.5. The summed E-state index contributed by atoms with van der Waals surface area (Å²) in [6.07, 6.45) is 0.469. The minimum atomic E-state index is -0.846. The summed E-state index contributed by atoms with van der Waals surface area (Å²) < 4.78 is 31.6. The highest BCUT2D eigenvalue weighted by molar-refractivity contribution is 5.91. The van der Waals surface area contributed by atoms with Crippen molar-refractivity contribution in [3.8, 4) is 0 Å². The average Bonchev–Trinajstić information content (AvgIpc) is 2.63. The molecule has 1 heterocycles. The van der Waals surface area contributed by atoms with Crippen molar-refractivity contribution < 1.29 is 28.0 Å².